The Labute approximate surface area is 146 Å². The molecule has 1 aliphatic rings. The molecule has 0 spiro atoms. The van der Waals surface area contributed by atoms with Crippen molar-refractivity contribution in [2.45, 2.75) is 25.7 Å². The second-order valence-electron chi connectivity index (χ2n) is 5.87. The minimum atomic E-state index is -0.228. The van der Waals surface area contributed by atoms with Gasteiger partial charge in [0.05, 0.1) is 24.7 Å². The van der Waals surface area contributed by atoms with E-state index < -0.39 is 0 Å². The fourth-order valence-corrected chi connectivity index (χ4v) is 3.03. The molecule has 25 heavy (non-hydrogen) atoms. The molecule has 1 unspecified atom stereocenters. The first-order chi connectivity index (χ1) is 12.2. The summed E-state index contributed by atoms with van der Waals surface area (Å²) in [6.07, 6.45) is 5.35. The van der Waals surface area contributed by atoms with Crippen LogP contribution >= 0.6 is 0 Å². The zero-order valence-electron chi connectivity index (χ0n) is 14.5. The van der Waals surface area contributed by atoms with E-state index in [1.165, 1.54) is 0 Å². The maximum atomic E-state index is 11.8. The molecule has 0 aliphatic carbocycles. The third kappa shape index (κ3) is 3.98. The molecule has 2 aromatic heterocycles. The molecule has 9 nitrogen and oxygen atoms in total. The highest BCUT2D eigenvalue weighted by molar-refractivity contribution is 5.89. The molecule has 134 valence electrons. The summed E-state index contributed by atoms with van der Waals surface area (Å²) < 4.78 is 5.18. The molecule has 1 atom stereocenters. The number of aromatic nitrogens is 4. The summed E-state index contributed by atoms with van der Waals surface area (Å²) in [5.74, 6) is 1.41. The van der Waals surface area contributed by atoms with E-state index in [1.54, 1.807) is 25.6 Å². The third-order valence-electron chi connectivity index (χ3n) is 4.19. The number of methoxy groups -OCH3 is 1. The first-order valence-corrected chi connectivity index (χ1v) is 8.41. The Morgan fingerprint density at radius 3 is 3.20 bits per heavy atom. The molecule has 0 saturated carbocycles. The van der Waals surface area contributed by atoms with E-state index in [9.17, 15) is 4.79 Å². The monoisotopic (exact) mass is 345 g/mol. The lowest BCUT2D eigenvalue weighted by Crippen LogP contribution is -2.36. The Morgan fingerprint density at radius 2 is 2.40 bits per heavy atom. The average Bonchev–Trinajstić information content (AvgIpc) is 3.10. The molecule has 3 heterocycles. The van der Waals surface area contributed by atoms with Crippen LogP contribution in [-0.4, -0.2) is 52.9 Å². The van der Waals surface area contributed by atoms with Crippen LogP contribution in [0.2, 0.25) is 0 Å². The number of nitrogens with one attached hydrogen (secondary N) is 3. The average molecular weight is 345 g/mol. The van der Waals surface area contributed by atoms with Crippen LogP contribution < -0.4 is 20.3 Å². The number of anilines is 2. The summed E-state index contributed by atoms with van der Waals surface area (Å²) in [4.78, 5) is 22.7. The number of amides is 2. The fourth-order valence-electron chi connectivity index (χ4n) is 3.03. The van der Waals surface area contributed by atoms with Crippen LogP contribution in [0.25, 0.3) is 0 Å². The number of carbonyl (C=O) groups excluding carboxylic acids is 1. The number of urea groups is 1. The van der Waals surface area contributed by atoms with Gasteiger partial charge in [-0.3, -0.25) is 5.10 Å². The Morgan fingerprint density at radius 1 is 1.52 bits per heavy atom. The molecule has 0 bridgehead atoms. The summed E-state index contributed by atoms with van der Waals surface area (Å²) in [6, 6.07) is 1.50. The number of hydrogen-bond donors (Lipinski definition) is 3. The van der Waals surface area contributed by atoms with Crippen LogP contribution in [0.3, 0.4) is 0 Å². The van der Waals surface area contributed by atoms with Gasteiger partial charge in [-0.05, 0) is 19.8 Å². The van der Waals surface area contributed by atoms with Gasteiger partial charge in [0.1, 0.15) is 0 Å². The van der Waals surface area contributed by atoms with Gasteiger partial charge in [0.25, 0.3) is 0 Å². The van der Waals surface area contributed by atoms with E-state index >= 15 is 0 Å². The van der Waals surface area contributed by atoms with Crippen molar-refractivity contribution in [1.29, 1.82) is 0 Å². The summed E-state index contributed by atoms with van der Waals surface area (Å²) in [5.41, 5.74) is 1.64. The number of piperidine rings is 1. The predicted octanol–water partition coefficient (Wildman–Crippen LogP) is 1.73. The van der Waals surface area contributed by atoms with Crippen molar-refractivity contribution in [3.63, 3.8) is 0 Å². The third-order valence-corrected chi connectivity index (χ3v) is 4.19. The maximum Gasteiger partial charge on any atom is 0.319 e. The molecular formula is C16H23N7O2. The number of H-pyrrole nitrogens is 1. The van der Waals surface area contributed by atoms with Crippen LogP contribution in [0.4, 0.5) is 16.4 Å². The van der Waals surface area contributed by atoms with Crippen molar-refractivity contribution in [3.05, 3.63) is 24.2 Å². The first kappa shape index (κ1) is 17.0. The van der Waals surface area contributed by atoms with E-state index in [0.717, 1.165) is 31.6 Å². The van der Waals surface area contributed by atoms with Crippen molar-refractivity contribution >= 4 is 17.7 Å². The number of nitrogens with zero attached hydrogens (tertiary/aromatic N) is 4. The number of rotatable bonds is 5. The van der Waals surface area contributed by atoms with E-state index in [4.69, 9.17) is 4.74 Å². The molecule has 1 aliphatic heterocycles. The summed E-state index contributed by atoms with van der Waals surface area (Å²) in [6.45, 7) is 4.09. The lowest BCUT2D eigenvalue weighted by molar-refractivity contribution is 0.252. The summed E-state index contributed by atoms with van der Waals surface area (Å²) in [5, 5.41) is 12.7. The second kappa shape index (κ2) is 7.82. The topological polar surface area (TPSA) is 108 Å². The molecule has 1 saturated heterocycles. The Hall–Kier alpha value is -2.84. The van der Waals surface area contributed by atoms with E-state index in [1.807, 2.05) is 6.92 Å². The lowest BCUT2D eigenvalue weighted by atomic mass is 9.94. The molecule has 3 N–H and O–H groups in total. The lowest BCUT2D eigenvalue weighted by Gasteiger charge is -2.32. The largest absolute Gasteiger partial charge is 0.481 e. The van der Waals surface area contributed by atoms with Crippen LogP contribution in [0.15, 0.2) is 18.5 Å². The van der Waals surface area contributed by atoms with Crippen molar-refractivity contribution < 1.29 is 9.53 Å². The molecular weight excluding hydrogens is 322 g/mol. The molecule has 9 heteroatoms. The van der Waals surface area contributed by atoms with E-state index in [0.29, 0.717) is 24.1 Å². The van der Waals surface area contributed by atoms with Crippen molar-refractivity contribution in [2.75, 3.05) is 37.0 Å². The van der Waals surface area contributed by atoms with Gasteiger partial charge in [-0.2, -0.15) is 10.1 Å². The van der Waals surface area contributed by atoms with Gasteiger partial charge in [-0.25, -0.2) is 9.78 Å². The second-order valence-corrected chi connectivity index (χ2v) is 5.87. The van der Waals surface area contributed by atoms with Crippen molar-refractivity contribution in [2.24, 2.45) is 0 Å². The first-order valence-electron chi connectivity index (χ1n) is 8.41. The number of hydrogen-bond acceptors (Lipinski definition) is 6. The SMILES string of the molecule is CCNC(=O)Nc1cn[nH]c1C1CCCN(c2nccc(OC)n2)C1. The number of carbonyl (C=O) groups is 1. The Bertz CT molecular complexity index is 718. The van der Waals surface area contributed by atoms with E-state index in [2.05, 4.69) is 35.7 Å². The van der Waals surface area contributed by atoms with Crippen molar-refractivity contribution in [3.8, 4) is 5.88 Å². The van der Waals surface area contributed by atoms with Gasteiger partial charge >= 0.3 is 6.03 Å². The zero-order valence-corrected chi connectivity index (χ0v) is 14.5. The molecule has 1 fully saturated rings. The van der Waals surface area contributed by atoms with Crippen LogP contribution in [-0.2, 0) is 0 Å². The van der Waals surface area contributed by atoms with Gasteiger partial charge in [0.2, 0.25) is 11.8 Å². The molecule has 3 rings (SSSR count). The fraction of sp³-hybridized carbons (Fsp3) is 0.500. The van der Waals surface area contributed by atoms with Gasteiger partial charge in [-0.15, -0.1) is 0 Å². The Balaban J connectivity index is 1.73. The van der Waals surface area contributed by atoms with Gasteiger partial charge in [0.15, 0.2) is 0 Å². The highest BCUT2D eigenvalue weighted by Gasteiger charge is 2.26. The summed E-state index contributed by atoms with van der Waals surface area (Å²) in [7, 11) is 1.59. The quantitative estimate of drug-likeness (QED) is 0.762. The maximum absolute atomic E-state index is 11.8. The Kier molecular flexibility index (Phi) is 5.32. The summed E-state index contributed by atoms with van der Waals surface area (Å²) >= 11 is 0. The normalized spacial score (nSPS) is 17.2. The highest BCUT2D eigenvalue weighted by atomic mass is 16.5. The van der Waals surface area contributed by atoms with Gasteiger partial charge in [0, 0.05) is 37.8 Å². The minimum absolute atomic E-state index is 0.211. The van der Waals surface area contributed by atoms with Crippen LogP contribution in [0.5, 0.6) is 5.88 Å². The molecule has 2 amide bonds. The zero-order chi connectivity index (χ0) is 17.6. The minimum Gasteiger partial charge on any atom is -0.481 e. The standard InChI is InChI=1S/C16H23N7O2/c1-3-17-16(24)20-12-9-19-22-14(12)11-5-4-8-23(10-11)15-18-7-6-13(21-15)25-2/h6-7,9,11H,3-5,8,10H2,1-2H3,(H,19,22)(H2,17,20,24). The van der Waals surface area contributed by atoms with Crippen LogP contribution in [0, 0.1) is 0 Å². The van der Waals surface area contributed by atoms with E-state index in [-0.39, 0.29) is 11.9 Å². The predicted molar refractivity (Wildman–Crippen MR) is 94.1 cm³/mol. The van der Waals surface area contributed by atoms with Crippen molar-refractivity contribution in [1.82, 2.24) is 25.5 Å². The molecule has 0 aromatic carbocycles. The van der Waals surface area contributed by atoms with Gasteiger partial charge in [-0.1, -0.05) is 0 Å². The molecule has 0 radical (unpaired) electrons. The van der Waals surface area contributed by atoms with Gasteiger partial charge < -0.3 is 20.3 Å². The number of aromatic amines is 1. The smallest absolute Gasteiger partial charge is 0.319 e. The van der Waals surface area contributed by atoms with Crippen LogP contribution in [0.1, 0.15) is 31.4 Å². The highest BCUT2D eigenvalue weighted by Crippen LogP contribution is 2.31. The molecule has 2 aromatic rings. The number of ether oxygens (including phenoxy) is 1.